The highest BCUT2D eigenvalue weighted by Crippen LogP contribution is 2.32. The molecule has 2 aliphatic heterocycles. The van der Waals surface area contributed by atoms with Crippen LogP contribution in [-0.4, -0.2) is 49.3 Å². The second-order valence-electron chi connectivity index (χ2n) is 9.21. The minimum atomic E-state index is -3.77. The normalized spacial score (nSPS) is 18.5. The first kappa shape index (κ1) is 24.2. The number of carbonyl (C=O) groups excluding carboxylic acids is 2. The molecule has 0 radical (unpaired) electrons. The number of fused-ring (bicyclic) bond motifs is 1. The van der Waals surface area contributed by atoms with Gasteiger partial charge >= 0.3 is 0 Å². The third-order valence-corrected chi connectivity index (χ3v) is 8.68. The Kier molecular flexibility index (Phi) is 6.63. The molecule has 5 rings (SSSR count). The van der Waals surface area contributed by atoms with Crippen LogP contribution in [0.5, 0.6) is 0 Å². The molecular weight excluding hydrogens is 480 g/mol. The van der Waals surface area contributed by atoms with Crippen molar-refractivity contribution in [1.29, 1.82) is 0 Å². The maximum absolute atomic E-state index is 13.5. The van der Waals surface area contributed by atoms with Crippen LogP contribution in [0.25, 0.3) is 11.3 Å². The monoisotopic (exact) mass is 508 g/mol. The molecule has 1 aromatic heterocycles. The molecule has 0 bridgehead atoms. The van der Waals surface area contributed by atoms with E-state index in [0.29, 0.717) is 37.4 Å². The van der Waals surface area contributed by atoms with Gasteiger partial charge in [-0.1, -0.05) is 5.16 Å². The van der Waals surface area contributed by atoms with E-state index in [1.54, 1.807) is 47.5 Å². The number of rotatable bonds is 5. The molecule has 0 aliphatic carbocycles. The molecule has 1 atom stereocenters. The lowest BCUT2D eigenvalue weighted by Crippen LogP contribution is -2.43. The van der Waals surface area contributed by atoms with E-state index >= 15 is 0 Å². The maximum Gasteiger partial charge on any atom is 0.243 e. The van der Waals surface area contributed by atoms with Crippen molar-refractivity contribution in [2.75, 3.05) is 29.9 Å². The quantitative estimate of drug-likeness (QED) is 0.563. The molecule has 1 N–H and O–H groups in total. The third kappa shape index (κ3) is 4.78. The van der Waals surface area contributed by atoms with E-state index in [2.05, 4.69) is 10.5 Å². The number of hydrogen-bond acceptors (Lipinski definition) is 6. The van der Waals surface area contributed by atoms with E-state index in [9.17, 15) is 18.0 Å². The largest absolute Gasteiger partial charge is 0.356 e. The smallest absolute Gasteiger partial charge is 0.243 e. The van der Waals surface area contributed by atoms with Crippen LogP contribution in [0.1, 0.15) is 31.7 Å². The van der Waals surface area contributed by atoms with Gasteiger partial charge in [-0.15, -0.1) is 0 Å². The Morgan fingerprint density at radius 2 is 1.86 bits per heavy atom. The van der Waals surface area contributed by atoms with E-state index in [0.717, 1.165) is 29.7 Å². The number of nitrogens with one attached hydrogen (secondary N) is 1. The number of amides is 2. The van der Waals surface area contributed by atoms with Gasteiger partial charge in [-0.3, -0.25) is 9.59 Å². The van der Waals surface area contributed by atoms with Crippen LogP contribution < -0.4 is 10.2 Å². The fourth-order valence-electron chi connectivity index (χ4n) is 4.91. The first-order valence-corrected chi connectivity index (χ1v) is 13.5. The Hall–Kier alpha value is -3.50. The summed E-state index contributed by atoms with van der Waals surface area (Å²) >= 11 is 0. The third-order valence-electron chi connectivity index (χ3n) is 6.82. The van der Waals surface area contributed by atoms with Crippen molar-refractivity contribution in [2.24, 2.45) is 5.92 Å². The molecule has 2 amide bonds. The second kappa shape index (κ2) is 9.87. The number of anilines is 2. The van der Waals surface area contributed by atoms with Gasteiger partial charge in [-0.2, -0.15) is 4.31 Å². The standard InChI is InChI=1S/C26H28N4O5S/c1-18(31)30-15-3-4-20-16-23(10-11-24(20)30)36(33,34)29-14-2-5-21(17-29)26(32)28-22-8-6-19(7-9-22)25-12-13-27-35-25/h6-13,16,21H,2-5,14-15,17H2,1H3,(H,28,32). The zero-order valence-electron chi connectivity index (χ0n) is 20.0. The van der Waals surface area contributed by atoms with Gasteiger partial charge in [0.15, 0.2) is 5.76 Å². The van der Waals surface area contributed by atoms with Gasteiger partial charge in [0, 0.05) is 49.6 Å². The van der Waals surface area contributed by atoms with Crippen LogP contribution in [0, 0.1) is 5.92 Å². The lowest BCUT2D eigenvalue weighted by atomic mass is 9.98. The number of hydrogen-bond donors (Lipinski definition) is 1. The average Bonchev–Trinajstić information content (AvgIpc) is 3.43. The molecule has 1 fully saturated rings. The van der Waals surface area contributed by atoms with Gasteiger partial charge in [0.05, 0.1) is 17.0 Å². The Morgan fingerprint density at radius 3 is 2.58 bits per heavy atom. The zero-order chi connectivity index (χ0) is 25.3. The van der Waals surface area contributed by atoms with E-state index in [1.165, 1.54) is 11.2 Å². The summed E-state index contributed by atoms with van der Waals surface area (Å²) < 4.78 is 33.5. The highest BCUT2D eigenvalue weighted by Gasteiger charge is 2.34. The SMILES string of the molecule is CC(=O)N1CCCc2cc(S(=O)(=O)N3CCCC(C(=O)Nc4ccc(-c5ccno5)cc4)C3)ccc21. The number of piperidine rings is 1. The Balaban J connectivity index is 1.28. The lowest BCUT2D eigenvalue weighted by molar-refractivity contribution is -0.121. The maximum atomic E-state index is 13.5. The van der Waals surface area contributed by atoms with Crippen molar-refractivity contribution < 1.29 is 22.5 Å². The highest BCUT2D eigenvalue weighted by atomic mass is 32.2. The fourth-order valence-corrected chi connectivity index (χ4v) is 6.49. The molecule has 2 aliphatic rings. The van der Waals surface area contributed by atoms with Crippen molar-refractivity contribution in [3.8, 4) is 11.3 Å². The summed E-state index contributed by atoms with van der Waals surface area (Å²) in [5.41, 5.74) is 3.11. The first-order chi connectivity index (χ1) is 17.3. The number of nitrogens with zero attached hydrogens (tertiary/aromatic N) is 3. The summed E-state index contributed by atoms with van der Waals surface area (Å²) in [6.07, 6.45) is 4.31. The van der Waals surface area contributed by atoms with Crippen LogP contribution in [0.4, 0.5) is 11.4 Å². The number of benzene rings is 2. The summed E-state index contributed by atoms with van der Waals surface area (Å²) in [4.78, 5) is 26.8. The van der Waals surface area contributed by atoms with Gasteiger partial charge in [-0.25, -0.2) is 8.42 Å². The van der Waals surface area contributed by atoms with Gasteiger partial charge in [-0.05, 0) is 73.7 Å². The zero-order valence-corrected chi connectivity index (χ0v) is 20.8. The summed E-state index contributed by atoms with van der Waals surface area (Å²) in [7, 11) is -3.77. The topological polar surface area (TPSA) is 113 Å². The molecule has 3 aromatic rings. The molecule has 36 heavy (non-hydrogen) atoms. The molecule has 1 saturated heterocycles. The Morgan fingerprint density at radius 1 is 1.06 bits per heavy atom. The van der Waals surface area contributed by atoms with Crippen LogP contribution in [0.3, 0.4) is 0 Å². The van der Waals surface area contributed by atoms with Gasteiger partial charge in [0.1, 0.15) is 0 Å². The Bertz CT molecular complexity index is 1370. The number of aryl methyl sites for hydroxylation is 1. The molecule has 0 spiro atoms. The number of aromatic nitrogens is 1. The second-order valence-corrected chi connectivity index (χ2v) is 11.1. The summed E-state index contributed by atoms with van der Waals surface area (Å²) in [6, 6.07) is 13.9. The van der Waals surface area contributed by atoms with Crippen LogP contribution >= 0.6 is 0 Å². The first-order valence-electron chi connectivity index (χ1n) is 12.1. The van der Waals surface area contributed by atoms with E-state index in [-0.39, 0.29) is 23.3 Å². The summed E-state index contributed by atoms with van der Waals surface area (Å²) in [6.45, 7) is 2.65. The van der Waals surface area contributed by atoms with Gasteiger partial charge in [0.2, 0.25) is 21.8 Å². The minimum Gasteiger partial charge on any atom is -0.356 e. The summed E-state index contributed by atoms with van der Waals surface area (Å²) in [5, 5.41) is 6.60. The average molecular weight is 509 g/mol. The van der Waals surface area contributed by atoms with Crippen LogP contribution in [0.2, 0.25) is 0 Å². The van der Waals surface area contributed by atoms with Crippen molar-refractivity contribution in [2.45, 2.75) is 37.5 Å². The molecule has 0 saturated carbocycles. The van der Waals surface area contributed by atoms with Crippen molar-refractivity contribution >= 4 is 33.2 Å². The number of sulfonamides is 1. The fraction of sp³-hybridized carbons (Fsp3) is 0.346. The molecular formula is C26H28N4O5S. The van der Waals surface area contributed by atoms with Gasteiger partial charge in [0.25, 0.3) is 0 Å². The molecule has 2 aromatic carbocycles. The van der Waals surface area contributed by atoms with Crippen LogP contribution in [-0.2, 0) is 26.0 Å². The minimum absolute atomic E-state index is 0.0518. The van der Waals surface area contributed by atoms with Crippen molar-refractivity contribution in [1.82, 2.24) is 9.46 Å². The summed E-state index contributed by atoms with van der Waals surface area (Å²) in [5.74, 6) is -0.0700. The molecule has 1 unspecified atom stereocenters. The number of carbonyl (C=O) groups is 2. The predicted octanol–water partition coefficient (Wildman–Crippen LogP) is 3.68. The Labute approximate surface area is 210 Å². The lowest BCUT2D eigenvalue weighted by Gasteiger charge is -2.32. The highest BCUT2D eigenvalue weighted by molar-refractivity contribution is 7.89. The predicted molar refractivity (Wildman–Crippen MR) is 135 cm³/mol. The van der Waals surface area contributed by atoms with Gasteiger partial charge < -0.3 is 14.7 Å². The van der Waals surface area contributed by atoms with Crippen molar-refractivity contribution in [3.63, 3.8) is 0 Å². The van der Waals surface area contributed by atoms with E-state index in [4.69, 9.17) is 4.52 Å². The molecule has 188 valence electrons. The van der Waals surface area contributed by atoms with E-state index < -0.39 is 15.9 Å². The molecule has 3 heterocycles. The molecule has 10 heteroatoms. The van der Waals surface area contributed by atoms with Crippen LogP contribution in [0.15, 0.2) is 64.1 Å². The van der Waals surface area contributed by atoms with E-state index in [1.807, 2.05) is 12.1 Å². The molecule has 9 nitrogen and oxygen atoms in total. The van der Waals surface area contributed by atoms with Crippen molar-refractivity contribution in [3.05, 3.63) is 60.3 Å².